The summed E-state index contributed by atoms with van der Waals surface area (Å²) < 4.78 is 0. The fourth-order valence-electron chi connectivity index (χ4n) is 1.61. The normalized spacial score (nSPS) is 13.9. The highest BCUT2D eigenvalue weighted by Crippen LogP contribution is 2.19. The van der Waals surface area contributed by atoms with E-state index >= 15 is 0 Å². The number of fused-ring (bicyclic) bond motifs is 1. The third kappa shape index (κ3) is 2.00. The molecule has 2 rings (SSSR count). The molecule has 1 aromatic rings. The summed E-state index contributed by atoms with van der Waals surface area (Å²) >= 11 is 0. The monoisotopic (exact) mass is 246 g/mol. The third-order valence-electron chi connectivity index (χ3n) is 2.55. The van der Waals surface area contributed by atoms with Gasteiger partial charge < -0.3 is 5.32 Å². The summed E-state index contributed by atoms with van der Waals surface area (Å²) in [6, 6.07) is 4.25. The van der Waals surface area contributed by atoms with Gasteiger partial charge in [-0.15, -0.1) is 0 Å². The van der Waals surface area contributed by atoms with E-state index in [4.69, 9.17) is 0 Å². The Kier molecular flexibility index (Phi) is 2.93. The number of carbonyl (C=O) groups excluding carboxylic acids is 4. The van der Waals surface area contributed by atoms with Crippen LogP contribution in [0.1, 0.15) is 34.1 Å². The van der Waals surface area contributed by atoms with Gasteiger partial charge in [0, 0.05) is 17.7 Å². The lowest BCUT2D eigenvalue weighted by molar-refractivity contribution is -0.116. The van der Waals surface area contributed by atoms with Gasteiger partial charge in [0.15, 0.2) is 0 Å². The smallest absolute Gasteiger partial charge is 0.299 e. The predicted molar refractivity (Wildman–Crippen MR) is 62.2 cm³/mol. The molecule has 1 aliphatic rings. The molecule has 0 saturated heterocycles. The number of benzene rings is 1. The van der Waals surface area contributed by atoms with Crippen LogP contribution in [0, 0.1) is 0 Å². The lowest BCUT2D eigenvalue weighted by Crippen LogP contribution is -2.42. The molecule has 2 N–H and O–H groups in total. The van der Waals surface area contributed by atoms with Crippen molar-refractivity contribution in [2.24, 2.45) is 0 Å². The highest BCUT2D eigenvalue weighted by molar-refractivity contribution is 6.49. The minimum atomic E-state index is -0.952. The molecule has 6 heteroatoms. The number of carbonyl (C=O) groups is 4. The summed E-state index contributed by atoms with van der Waals surface area (Å²) in [6.07, 6.45) is 0.296. The number of hydrogen-bond acceptors (Lipinski definition) is 4. The van der Waals surface area contributed by atoms with Gasteiger partial charge in [0.1, 0.15) is 0 Å². The van der Waals surface area contributed by atoms with Crippen molar-refractivity contribution >= 4 is 29.2 Å². The number of anilines is 1. The SMILES string of the molecule is CCC(=O)Nc1ccc2c(c1)C(=O)C(=O)NC2=O. The fraction of sp³-hybridized carbons (Fsp3) is 0.167. The van der Waals surface area contributed by atoms with E-state index in [9.17, 15) is 19.2 Å². The van der Waals surface area contributed by atoms with Crippen LogP contribution < -0.4 is 10.6 Å². The second kappa shape index (κ2) is 4.40. The predicted octanol–water partition coefficient (Wildman–Crippen LogP) is 0.488. The molecule has 18 heavy (non-hydrogen) atoms. The zero-order valence-corrected chi connectivity index (χ0v) is 9.57. The molecule has 0 saturated carbocycles. The maximum Gasteiger partial charge on any atom is 0.299 e. The number of imide groups is 1. The molecular formula is C12H10N2O4. The molecule has 0 bridgehead atoms. The number of amides is 3. The van der Waals surface area contributed by atoms with E-state index in [-0.39, 0.29) is 17.0 Å². The standard InChI is InChI=1S/C12H10N2O4/c1-2-9(15)13-6-3-4-7-8(5-6)10(16)12(18)14-11(7)17/h3-5H,2H2,1H3,(H,13,15)(H,14,17,18). The molecule has 0 radical (unpaired) electrons. The first kappa shape index (κ1) is 12.0. The molecule has 0 aliphatic carbocycles. The summed E-state index contributed by atoms with van der Waals surface area (Å²) in [5.74, 6) is -2.55. The van der Waals surface area contributed by atoms with Crippen molar-refractivity contribution in [1.82, 2.24) is 5.32 Å². The van der Waals surface area contributed by atoms with Gasteiger partial charge in [-0.05, 0) is 18.2 Å². The largest absolute Gasteiger partial charge is 0.326 e. The number of Topliss-reactive ketones (excluding diaryl/α,β-unsaturated/α-hetero) is 1. The van der Waals surface area contributed by atoms with Gasteiger partial charge in [-0.1, -0.05) is 6.92 Å². The third-order valence-corrected chi connectivity index (χ3v) is 2.55. The van der Waals surface area contributed by atoms with Gasteiger partial charge in [-0.2, -0.15) is 0 Å². The van der Waals surface area contributed by atoms with Gasteiger partial charge in [0.25, 0.3) is 17.6 Å². The minimum Gasteiger partial charge on any atom is -0.326 e. The minimum absolute atomic E-state index is 0.0117. The number of rotatable bonds is 2. The van der Waals surface area contributed by atoms with Crippen LogP contribution in [0.3, 0.4) is 0 Å². The number of ketones is 1. The van der Waals surface area contributed by atoms with Crippen molar-refractivity contribution < 1.29 is 19.2 Å². The van der Waals surface area contributed by atoms with Crippen LogP contribution in [0.25, 0.3) is 0 Å². The second-order valence-corrected chi connectivity index (χ2v) is 3.77. The number of hydrogen-bond donors (Lipinski definition) is 2. The first-order chi connectivity index (χ1) is 8.52. The Morgan fingerprint density at radius 3 is 2.56 bits per heavy atom. The Bertz CT molecular complexity index is 577. The molecule has 0 aromatic heterocycles. The molecule has 6 nitrogen and oxygen atoms in total. The average molecular weight is 246 g/mol. The van der Waals surface area contributed by atoms with E-state index in [1.165, 1.54) is 18.2 Å². The molecule has 92 valence electrons. The fourth-order valence-corrected chi connectivity index (χ4v) is 1.61. The molecule has 0 atom stereocenters. The highest BCUT2D eigenvalue weighted by Gasteiger charge is 2.30. The summed E-state index contributed by atoms with van der Waals surface area (Å²) in [6.45, 7) is 1.69. The van der Waals surface area contributed by atoms with Gasteiger partial charge in [0.2, 0.25) is 5.91 Å². The van der Waals surface area contributed by atoms with E-state index in [2.05, 4.69) is 5.32 Å². The summed E-state index contributed by atoms with van der Waals surface area (Å²) in [4.78, 5) is 45.5. The van der Waals surface area contributed by atoms with Crippen LogP contribution in [0.5, 0.6) is 0 Å². The van der Waals surface area contributed by atoms with E-state index in [1.54, 1.807) is 6.92 Å². The van der Waals surface area contributed by atoms with Crippen molar-refractivity contribution in [2.75, 3.05) is 5.32 Å². The Morgan fingerprint density at radius 2 is 1.89 bits per heavy atom. The van der Waals surface area contributed by atoms with E-state index in [0.717, 1.165) is 0 Å². The van der Waals surface area contributed by atoms with Crippen LogP contribution in [-0.4, -0.2) is 23.5 Å². The van der Waals surface area contributed by atoms with Crippen molar-refractivity contribution in [3.8, 4) is 0 Å². The lowest BCUT2D eigenvalue weighted by Gasteiger charge is -2.15. The highest BCUT2D eigenvalue weighted by atomic mass is 16.2. The maximum absolute atomic E-state index is 11.6. The Morgan fingerprint density at radius 1 is 1.17 bits per heavy atom. The first-order valence-corrected chi connectivity index (χ1v) is 5.37. The average Bonchev–Trinajstić information content (AvgIpc) is 2.36. The zero-order chi connectivity index (χ0) is 13.3. The molecule has 1 aliphatic heterocycles. The Hall–Kier alpha value is -2.50. The molecule has 1 heterocycles. The quantitative estimate of drug-likeness (QED) is 0.586. The second-order valence-electron chi connectivity index (χ2n) is 3.77. The summed E-state index contributed by atoms with van der Waals surface area (Å²) in [5, 5.41) is 4.50. The lowest BCUT2D eigenvalue weighted by atomic mass is 9.98. The van der Waals surface area contributed by atoms with Crippen molar-refractivity contribution in [1.29, 1.82) is 0 Å². The van der Waals surface area contributed by atoms with Gasteiger partial charge in [-0.3, -0.25) is 24.5 Å². The van der Waals surface area contributed by atoms with Crippen molar-refractivity contribution in [2.45, 2.75) is 13.3 Å². The zero-order valence-electron chi connectivity index (χ0n) is 9.57. The van der Waals surface area contributed by atoms with Gasteiger partial charge >= 0.3 is 0 Å². The van der Waals surface area contributed by atoms with E-state index in [0.29, 0.717) is 12.1 Å². The Balaban J connectivity index is 2.42. The molecule has 0 unspecified atom stereocenters. The van der Waals surface area contributed by atoms with Gasteiger partial charge in [-0.25, -0.2) is 0 Å². The first-order valence-electron chi connectivity index (χ1n) is 5.37. The van der Waals surface area contributed by atoms with Crippen LogP contribution in [0.2, 0.25) is 0 Å². The van der Waals surface area contributed by atoms with Gasteiger partial charge in [0.05, 0.1) is 5.56 Å². The van der Waals surface area contributed by atoms with E-state index < -0.39 is 17.6 Å². The van der Waals surface area contributed by atoms with Crippen molar-refractivity contribution in [3.63, 3.8) is 0 Å². The summed E-state index contributed by atoms with van der Waals surface area (Å²) in [5.41, 5.74) is 0.531. The molecule has 0 spiro atoms. The Labute approximate surface area is 102 Å². The molecule has 1 aromatic carbocycles. The molecular weight excluding hydrogens is 236 g/mol. The van der Waals surface area contributed by atoms with Crippen molar-refractivity contribution in [3.05, 3.63) is 29.3 Å². The topological polar surface area (TPSA) is 92.3 Å². The summed E-state index contributed by atoms with van der Waals surface area (Å²) in [7, 11) is 0. The molecule has 3 amide bonds. The van der Waals surface area contributed by atoms with Crippen LogP contribution in [-0.2, 0) is 9.59 Å². The van der Waals surface area contributed by atoms with E-state index in [1.807, 2.05) is 5.32 Å². The number of nitrogens with one attached hydrogen (secondary N) is 2. The maximum atomic E-state index is 11.6. The van der Waals surface area contributed by atoms with Crippen LogP contribution in [0.4, 0.5) is 5.69 Å². The van der Waals surface area contributed by atoms with Crippen LogP contribution >= 0.6 is 0 Å². The molecule has 0 fully saturated rings. The van der Waals surface area contributed by atoms with Crippen LogP contribution in [0.15, 0.2) is 18.2 Å².